The van der Waals surface area contributed by atoms with Gasteiger partial charge in [0.15, 0.2) is 5.03 Å². The van der Waals surface area contributed by atoms with E-state index in [1.165, 1.54) is 12.1 Å². The van der Waals surface area contributed by atoms with Crippen LogP contribution in [0.2, 0.25) is 0 Å². The number of H-pyrrole nitrogens is 1. The molecule has 0 saturated heterocycles. The summed E-state index contributed by atoms with van der Waals surface area (Å²) in [7, 11) is -4.13. The van der Waals surface area contributed by atoms with Crippen molar-refractivity contribution in [3.63, 3.8) is 0 Å². The van der Waals surface area contributed by atoms with Gasteiger partial charge in [-0.2, -0.15) is 13.5 Å². The minimum absolute atomic E-state index is 0.159. The summed E-state index contributed by atoms with van der Waals surface area (Å²) in [5.41, 5.74) is -0.174. The first-order chi connectivity index (χ1) is 12.3. The lowest BCUT2D eigenvalue weighted by atomic mass is 10.2. The lowest BCUT2D eigenvalue weighted by molar-refractivity contribution is 0.102. The molecule has 0 aliphatic carbocycles. The number of sulfonamides is 1. The quantitative estimate of drug-likeness (QED) is 0.635. The highest BCUT2D eigenvalue weighted by Gasteiger charge is 2.25. The maximum Gasteiger partial charge on any atom is 0.279 e. The first kappa shape index (κ1) is 17.5. The number of anilines is 2. The van der Waals surface area contributed by atoms with E-state index in [9.17, 15) is 22.0 Å². The van der Waals surface area contributed by atoms with E-state index in [2.05, 4.69) is 20.2 Å². The molecule has 3 rings (SSSR count). The lowest BCUT2D eigenvalue weighted by Crippen LogP contribution is -2.19. The van der Waals surface area contributed by atoms with Crippen molar-refractivity contribution in [2.45, 2.75) is 5.03 Å². The molecule has 0 saturated carbocycles. The second kappa shape index (κ2) is 6.92. The van der Waals surface area contributed by atoms with Gasteiger partial charge in [-0.3, -0.25) is 14.6 Å². The van der Waals surface area contributed by atoms with E-state index in [0.29, 0.717) is 11.8 Å². The minimum atomic E-state index is -4.13. The summed E-state index contributed by atoms with van der Waals surface area (Å²) in [6.07, 6.45) is 1.00. The molecule has 1 aromatic heterocycles. The summed E-state index contributed by atoms with van der Waals surface area (Å²) >= 11 is 0. The van der Waals surface area contributed by atoms with Gasteiger partial charge in [0, 0.05) is 17.4 Å². The molecule has 7 nitrogen and oxygen atoms in total. The number of carbonyl (C=O) groups is 1. The van der Waals surface area contributed by atoms with Crippen molar-refractivity contribution in [3.05, 3.63) is 71.9 Å². The summed E-state index contributed by atoms with van der Waals surface area (Å²) in [6, 6.07) is 10.5. The number of hydrogen-bond acceptors (Lipinski definition) is 4. The first-order valence-electron chi connectivity index (χ1n) is 7.24. The van der Waals surface area contributed by atoms with Gasteiger partial charge in [0.05, 0.1) is 11.8 Å². The molecule has 10 heteroatoms. The molecule has 0 spiro atoms. The van der Waals surface area contributed by atoms with Crippen LogP contribution in [0.25, 0.3) is 0 Å². The maximum absolute atomic E-state index is 13.2. The number of benzene rings is 2. The molecule has 0 bridgehead atoms. The van der Waals surface area contributed by atoms with Gasteiger partial charge in [0.1, 0.15) is 11.6 Å². The van der Waals surface area contributed by atoms with E-state index >= 15 is 0 Å². The van der Waals surface area contributed by atoms with Crippen LogP contribution in [0.1, 0.15) is 10.4 Å². The van der Waals surface area contributed by atoms with Crippen LogP contribution in [0.15, 0.2) is 59.8 Å². The zero-order valence-corrected chi connectivity index (χ0v) is 13.8. The number of para-hydroxylation sites is 1. The van der Waals surface area contributed by atoms with Crippen molar-refractivity contribution in [1.29, 1.82) is 0 Å². The standard InChI is InChI=1S/C16H12F2N4O3S/c17-10-6-11(18)8-13(7-10)20-15(23)14-9-19-21-16(14)26(24,25)22-12-4-2-1-3-5-12/h1-9,22H,(H,19,21)(H,20,23). The molecule has 0 aliphatic rings. The third kappa shape index (κ3) is 3.86. The highest BCUT2D eigenvalue weighted by molar-refractivity contribution is 7.92. The predicted molar refractivity (Wildman–Crippen MR) is 90.1 cm³/mol. The monoisotopic (exact) mass is 378 g/mol. The van der Waals surface area contributed by atoms with E-state index in [-0.39, 0.29) is 11.3 Å². The second-order valence-corrected chi connectivity index (χ2v) is 6.82. The van der Waals surface area contributed by atoms with Crippen LogP contribution in [0, 0.1) is 11.6 Å². The molecule has 26 heavy (non-hydrogen) atoms. The Hall–Kier alpha value is -3.27. The molecule has 3 aromatic rings. The van der Waals surface area contributed by atoms with Crippen LogP contribution in [-0.2, 0) is 10.0 Å². The Morgan fingerprint density at radius 3 is 2.31 bits per heavy atom. The Morgan fingerprint density at radius 1 is 1.00 bits per heavy atom. The number of aromatic nitrogens is 2. The molecular weight excluding hydrogens is 366 g/mol. The third-order valence-electron chi connectivity index (χ3n) is 3.26. The van der Waals surface area contributed by atoms with Gasteiger partial charge in [-0.05, 0) is 24.3 Å². The van der Waals surface area contributed by atoms with Crippen LogP contribution in [0.5, 0.6) is 0 Å². The zero-order valence-electron chi connectivity index (χ0n) is 13.0. The van der Waals surface area contributed by atoms with Gasteiger partial charge in [0.2, 0.25) is 0 Å². The van der Waals surface area contributed by atoms with Crippen LogP contribution >= 0.6 is 0 Å². The van der Waals surface area contributed by atoms with Crippen molar-refractivity contribution in [3.8, 4) is 0 Å². The Morgan fingerprint density at radius 2 is 1.65 bits per heavy atom. The van der Waals surface area contributed by atoms with Gasteiger partial charge >= 0.3 is 0 Å². The number of halogens is 2. The van der Waals surface area contributed by atoms with Gasteiger partial charge in [0.25, 0.3) is 15.9 Å². The van der Waals surface area contributed by atoms with Crippen molar-refractivity contribution < 1.29 is 22.0 Å². The third-order valence-corrected chi connectivity index (χ3v) is 4.62. The van der Waals surface area contributed by atoms with E-state index in [0.717, 1.165) is 18.3 Å². The van der Waals surface area contributed by atoms with Crippen LogP contribution in [0.3, 0.4) is 0 Å². The number of aromatic amines is 1. The molecular formula is C16H12F2N4O3S. The zero-order chi connectivity index (χ0) is 18.7. The van der Waals surface area contributed by atoms with Gasteiger partial charge in [-0.15, -0.1) is 0 Å². The molecule has 0 fully saturated rings. The number of carbonyl (C=O) groups excluding carboxylic acids is 1. The average molecular weight is 378 g/mol. The number of amides is 1. The summed E-state index contributed by atoms with van der Waals surface area (Å²) in [6.45, 7) is 0. The summed E-state index contributed by atoms with van der Waals surface area (Å²) in [4.78, 5) is 12.3. The van der Waals surface area contributed by atoms with E-state index in [1.54, 1.807) is 18.2 Å². The van der Waals surface area contributed by atoms with Crippen LogP contribution in [-0.4, -0.2) is 24.5 Å². The number of nitrogens with one attached hydrogen (secondary N) is 3. The fourth-order valence-corrected chi connectivity index (χ4v) is 3.33. The molecule has 134 valence electrons. The summed E-state index contributed by atoms with van der Waals surface area (Å²) < 4.78 is 53.7. The van der Waals surface area contributed by atoms with Crippen molar-refractivity contribution in [2.24, 2.45) is 0 Å². The molecule has 1 amide bonds. The SMILES string of the molecule is O=C(Nc1cc(F)cc(F)c1)c1cn[nH]c1S(=O)(=O)Nc1ccccc1. The van der Waals surface area contributed by atoms with E-state index < -0.39 is 32.6 Å². The largest absolute Gasteiger partial charge is 0.322 e. The Balaban J connectivity index is 1.86. The van der Waals surface area contributed by atoms with Crippen molar-refractivity contribution >= 4 is 27.3 Å². The van der Waals surface area contributed by atoms with E-state index in [1.807, 2.05) is 0 Å². The smallest absolute Gasteiger partial charge is 0.279 e. The molecule has 1 heterocycles. The van der Waals surface area contributed by atoms with Gasteiger partial charge in [-0.25, -0.2) is 8.78 Å². The second-order valence-electron chi connectivity index (χ2n) is 5.20. The first-order valence-corrected chi connectivity index (χ1v) is 8.72. The van der Waals surface area contributed by atoms with E-state index in [4.69, 9.17) is 0 Å². The van der Waals surface area contributed by atoms with Gasteiger partial charge < -0.3 is 5.32 Å². The Labute approximate surface area is 147 Å². The van der Waals surface area contributed by atoms with Gasteiger partial charge in [-0.1, -0.05) is 18.2 Å². The molecule has 0 radical (unpaired) electrons. The number of nitrogens with zero attached hydrogens (tertiary/aromatic N) is 1. The molecule has 2 aromatic carbocycles. The molecule has 0 aliphatic heterocycles. The Bertz CT molecular complexity index is 1030. The predicted octanol–water partition coefficient (Wildman–Crippen LogP) is 2.74. The highest BCUT2D eigenvalue weighted by Crippen LogP contribution is 2.19. The fourth-order valence-electron chi connectivity index (χ4n) is 2.18. The Kier molecular flexibility index (Phi) is 4.67. The van der Waals surface area contributed by atoms with Crippen molar-refractivity contribution in [2.75, 3.05) is 10.0 Å². The summed E-state index contributed by atoms with van der Waals surface area (Å²) in [5.74, 6) is -2.66. The topological polar surface area (TPSA) is 104 Å². The fraction of sp³-hybridized carbons (Fsp3) is 0. The number of hydrogen-bond donors (Lipinski definition) is 3. The normalized spacial score (nSPS) is 11.2. The minimum Gasteiger partial charge on any atom is -0.322 e. The van der Waals surface area contributed by atoms with Crippen LogP contribution < -0.4 is 10.0 Å². The van der Waals surface area contributed by atoms with Crippen molar-refractivity contribution in [1.82, 2.24) is 10.2 Å². The molecule has 0 unspecified atom stereocenters. The summed E-state index contributed by atoms with van der Waals surface area (Å²) in [5, 5.41) is 7.58. The lowest BCUT2D eigenvalue weighted by Gasteiger charge is -2.09. The number of rotatable bonds is 5. The average Bonchev–Trinajstić information content (AvgIpc) is 3.05. The molecule has 3 N–H and O–H groups in total. The maximum atomic E-state index is 13.2. The molecule has 0 atom stereocenters. The van der Waals surface area contributed by atoms with Crippen LogP contribution in [0.4, 0.5) is 20.2 Å². The highest BCUT2D eigenvalue weighted by atomic mass is 32.2.